The molecule has 0 radical (unpaired) electrons. The van der Waals surface area contributed by atoms with Crippen LogP contribution in [0.2, 0.25) is 0 Å². The molecule has 0 aliphatic carbocycles. The maximum Gasteiger partial charge on any atom is 0.277 e. The van der Waals surface area contributed by atoms with Crippen LogP contribution in [-0.4, -0.2) is 93.6 Å². The molecule has 0 unspecified atom stereocenters. The van der Waals surface area contributed by atoms with Gasteiger partial charge in [0.2, 0.25) is 0 Å². The first-order valence-corrected chi connectivity index (χ1v) is 17.6. The van der Waals surface area contributed by atoms with Gasteiger partial charge in [0.25, 0.3) is 5.91 Å². The predicted octanol–water partition coefficient (Wildman–Crippen LogP) is 6.42. The second-order valence-corrected chi connectivity index (χ2v) is 12.8. The molecule has 0 atom stereocenters. The number of amides is 1. The van der Waals surface area contributed by atoms with Gasteiger partial charge in [0.05, 0.1) is 14.1 Å². The molecule has 0 bridgehead atoms. The molecule has 39 heavy (non-hydrogen) atoms. The fraction of sp³-hybridized carbons (Fsp3) is 0.971. The zero-order valence-electron chi connectivity index (χ0n) is 27.3. The normalized spacial score (nSPS) is 16.0. The summed E-state index contributed by atoms with van der Waals surface area (Å²) in [4.78, 5) is 21.7. The standard InChI is InChI=1S/C34H70N4O/c1-5-7-9-11-13-15-17-19-21-23-25-36-27-28-37(26-24-22-20-18-16-14-12-10-8-6-2)30-32-38(31-29-36)34(39)33-35(3)4/h5-33H2,1-4H3/p+1. The molecule has 5 nitrogen and oxygen atoms in total. The minimum atomic E-state index is 0.328. The number of nitrogens with zero attached hydrogens (tertiary/aromatic N) is 3. The minimum Gasteiger partial charge on any atom is -0.335 e. The highest BCUT2D eigenvalue weighted by Crippen LogP contribution is 2.13. The first-order chi connectivity index (χ1) is 19.1. The van der Waals surface area contributed by atoms with Gasteiger partial charge >= 0.3 is 0 Å². The van der Waals surface area contributed by atoms with E-state index in [9.17, 15) is 4.79 Å². The van der Waals surface area contributed by atoms with E-state index in [0.29, 0.717) is 12.5 Å². The Kier molecular flexibility index (Phi) is 24.5. The Morgan fingerprint density at radius 3 is 1.13 bits per heavy atom. The summed E-state index contributed by atoms with van der Waals surface area (Å²) in [5.74, 6) is 0.328. The van der Waals surface area contributed by atoms with Gasteiger partial charge in [-0.1, -0.05) is 129 Å². The average Bonchev–Trinajstić information content (AvgIpc) is 3.01. The van der Waals surface area contributed by atoms with Crippen molar-refractivity contribution in [1.82, 2.24) is 14.7 Å². The molecule has 0 spiro atoms. The van der Waals surface area contributed by atoms with Crippen molar-refractivity contribution in [3.63, 3.8) is 0 Å². The molecule has 232 valence electrons. The van der Waals surface area contributed by atoms with Gasteiger partial charge in [-0.2, -0.15) is 0 Å². The van der Waals surface area contributed by atoms with Crippen molar-refractivity contribution in [2.45, 2.75) is 142 Å². The minimum absolute atomic E-state index is 0.328. The number of quaternary nitrogens is 1. The summed E-state index contributed by atoms with van der Waals surface area (Å²) in [6.07, 6.45) is 27.9. The Morgan fingerprint density at radius 2 is 0.795 bits per heavy atom. The number of carbonyl (C=O) groups is 1. The fourth-order valence-electron chi connectivity index (χ4n) is 5.90. The Hall–Kier alpha value is -0.650. The molecule has 1 fully saturated rings. The van der Waals surface area contributed by atoms with Crippen LogP contribution in [0, 0.1) is 0 Å². The molecule has 1 aliphatic heterocycles. The molecule has 1 N–H and O–H groups in total. The van der Waals surface area contributed by atoms with Crippen molar-refractivity contribution in [3.05, 3.63) is 0 Å². The molecule has 1 heterocycles. The second kappa shape index (κ2) is 26.3. The molecule has 0 aromatic rings. The lowest BCUT2D eigenvalue weighted by Crippen LogP contribution is -3.07. The summed E-state index contributed by atoms with van der Waals surface area (Å²) in [6, 6.07) is 0. The molecule has 0 saturated carbocycles. The molecule has 1 aliphatic rings. The van der Waals surface area contributed by atoms with E-state index in [1.807, 2.05) is 0 Å². The van der Waals surface area contributed by atoms with Gasteiger partial charge in [0.15, 0.2) is 6.54 Å². The van der Waals surface area contributed by atoms with E-state index >= 15 is 0 Å². The summed E-state index contributed by atoms with van der Waals surface area (Å²) >= 11 is 0. The number of likely N-dealkylation sites (N-methyl/N-ethyl adjacent to an activating group) is 1. The van der Waals surface area contributed by atoms with E-state index in [1.165, 1.54) is 146 Å². The van der Waals surface area contributed by atoms with E-state index in [4.69, 9.17) is 0 Å². The van der Waals surface area contributed by atoms with Gasteiger partial charge in [-0.15, -0.1) is 0 Å². The lowest BCUT2D eigenvalue weighted by Gasteiger charge is -2.26. The average molecular weight is 552 g/mol. The summed E-state index contributed by atoms with van der Waals surface area (Å²) in [6.45, 7) is 13.8. The molecule has 5 heteroatoms. The quantitative estimate of drug-likeness (QED) is 0.141. The molecule has 1 saturated heterocycles. The molecule has 0 aromatic heterocycles. The lowest BCUT2D eigenvalue weighted by atomic mass is 10.1. The van der Waals surface area contributed by atoms with Crippen LogP contribution in [0.25, 0.3) is 0 Å². The first kappa shape index (κ1) is 36.4. The number of hydrogen-bond acceptors (Lipinski definition) is 3. The molecular formula is C34H71N4O+. The van der Waals surface area contributed by atoms with Crippen LogP contribution >= 0.6 is 0 Å². The van der Waals surface area contributed by atoms with Crippen LogP contribution in [-0.2, 0) is 4.79 Å². The van der Waals surface area contributed by atoms with Crippen molar-refractivity contribution in [3.8, 4) is 0 Å². The maximum atomic E-state index is 13.0. The third-order valence-electron chi connectivity index (χ3n) is 8.62. The zero-order valence-corrected chi connectivity index (χ0v) is 27.3. The van der Waals surface area contributed by atoms with Crippen LogP contribution in [0.15, 0.2) is 0 Å². The van der Waals surface area contributed by atoms with Crippen LogP contribution in [0.4, 0.5) is 0 Å². The molecule has 0 aromatic carbocycles. The first-order valence-electron chi connectivity index (χ1n) is 17.6. The van der Waals surface area contributed by atoms with E-state index in [1.54, 1.807) is 0 Å². The Balaban J connectivity index is 2.36. The Labute approximate surface area is 245 Å². The van der Waals surface area contributed by atoms with Gasteiger partial charge in [0, 0.05) is 39.3 Å². The molecule has 1 amide bonds. The smallest absolute Gasteiger partial charge is 0.277 e. The largest absolute Gasteiger partial charge is 0.335 e. The van der Waals surface area contributed by atoms with Crippen molar-refractivity contribution < 1.29 is 9.69 Å². The number of carbonyl (C=O) groups excluding carboxylic acids is 1. The summed E-state index contributed by atoms with van der Waals surface area (Å²) < 4.78 is 0. The number of unbranched alkanes of at least 4 members (excludes halogenated alkanes) is 18. The van der Waals surface area contributed by atoms with E-state index in [-0.39, 0.29) is 0 Å². The van der Waals surface area contributed by atoms with Crippen LogP contribution in [0.3, 0.4) is 0 Å². The van der Waals surface area contributed by atoms with Gasteiger partial charge in [-0.3, -0.25) is 4.79 Å². The van der Waals surface area contributed by atoms with Crippen molar-refractivity contribution in [2.75, 3.05) is 73.0 Å². The number of hydrogen-bond donors (Lipinski definition) is 1. The Bertz CT molecular complexity index is 505. The van der Waals surface area contributed by atoms with Crippen LogP contribution in [0.5, 0.6) is 0 Å². The predicted molar refractivity (Wildman–Crippen MR) is 171 cm³/mol. The lowest BCUT2D eigenvalue weighted by molar-refractivity contribution is -0.849. The van der Waals surface area contributed by atoms with Gasteiger partial charge in [-0.05, 0) is 25.9 Å². The summed E-state index contributed by atoms with van der Waals surface area (Å²) in [5, 5.41) is 0. The summed E-state index contributed by atoms with van der Waals surface area (Å²) in [5.41, 5.74) is 0. The highest BCUT2D eigenvalue weighted by Gasteiger charge is 2.21. The van der Waals surface area contributed by atoms with Crippen LogP contribution < -0.4 is 4.90 Å². The highest BCUT2D eigenvalue weighted by atomic mass is 16.2. The van der Waals surface area contributed by atoms with Gasteiger partial charge in [0.1, 0.15) is 0 Å². The van der Waals surface area contributed by atoms with Crippen LogP contribution in [0.1, 0.15) is 142 Å². The van der Waals surface area contributed by atoms with E-state index in [2.05, 4.69) is 42.6 Å². The second-order valence-electron chi connectivity index (χ2n) is 12.8. The zero-order chi connectivity index (χ0) is 28.4. The monoisotopic (exact) mass is 552 g/mol. The third-order valence-corrected chi connectivity index (χ3v) is 8.62. The molecule has 1 rings (SSSR count). The van der Waals surface area contributed by atoms with E-state index < -0.39 is 0 Å². The van der Waals surface area contributed by atoms with Gasteiger partial charge < -0.3 is 19.6 Å². The fourth-order valence-corrected chi connectivity index (χ4v) is 5.90. The molecular weight excluding hydrogens is 480 g/mol. The summed E-state index contributed by atoms with van der Waals surface area (Å²) in [7, 11) is 4.17. The number of rotatable bonds is 24. The highest BCUT2D eigenvalue weighted by molar-refractivity contribution is 5.77. The van der Waals surface area contributed by atoms with Crippen molar-refractivity contribution in [1.29, 1.82) is 0 Å². The Morgan fingerprint density at radius 1 is 0.487 bits per heavy atom. The SMILES string of the molecule is CCCCCCCCCCCCN1CCN(CCCCCCCCCCCC)CCN(C(=O)C[NH+](C)C)CC1. The van der Waals surface area contributed by atoms with Gasteiger partial charge in [-0.25, -0.2) is 0 Å². The van der Waals surface area contributed by atoms with Crippen molar-refractivity contribution in [2.24, 2.45) is 0 Å². The topological polar surface area (TPSA) is 31.2 Å². The van der Waals surface area contributed by atoms with Crippen molar-refractivity contribution >= 4 is 5.91 Å². The van der Waals surface area contributed by atoms with E-state index in [0.717, 1.165) is 39.3 Å². The number of nitrogens with one attached hydrogen (secondary N) is 1. The maximum absolute atomic E-state index is 13.0. The third kappa shape index (κ3) is 21.7.